The minimum absolute atomic E-state index is 0.177. The Morgan fingerprint density at radius 3 is 2.28 bits per heavy atom. The first kappa shape index (κ1) is 17.5. The number of benzene rings is 1. The summed E-state index contributed by atoms with van der Waals surface area (Å²) in [5, 5.41) is 0. The summed E-state index contributed by atoms with van der Waals surface area (Å²) in [6.45, 7) is 2.85. The lowest BCUT2D eigenvalue weighted by atomic mass is 10.2. The molecule has 0 spiro atoms. The van der Waals surface area contributed by atoms with Crippen LogP contribution in [-0.4, -0.2) is 54.7 Å². The van der Waals surface area contributed by atoms with Crippen molar-refractivity contribution in [2.75, 3.05) is 26.2 Å². The molecular weight excluding hydrogens is 340 g/mol. The zero-order valence-electron chi connectivity index (χ0n) is 13.7. The predicted octanol–water partition coefficient (Wildman–Crippen LogP) is 0.687. The Morgan fingerprint density at radius 1 is 1.04 bits per heavy atom. The highest BCUT2D eigenvalue weighted by Crippen LogP contribution is 2.18. The van der Waals surface area contributed by atoms with Gasteiger partial charge in [-0.05, 0) is 36.4 Å². The van der Waals surface area contributed by atoms with Crippen LogP contribution >= 0.6 is 0 Å². The molecule has 132 valence electrons. The van der Waals surface area contributed by atoms with Gasteiger partial charge >= 0.3 is 0 Å². The average Bonchev–Trinajstić information content (AvgIpc) is 2.63. The molecule has 2 aromatic rings. The SMILES string of the molecule is NC(=O)c1ccc(S(=O)(=O)N2CCN(Cc3ccccn3)CC2)cc1. The molecule has 0 bridgehead atoms. The van der Waals surface area contributed by atoms with Crippen molar-refractivity contribution in [3.05, 3.63) is 59.9 Å². The normalized spacial score (nSPS) is 16.6. The maximum Gasteiger partial charge on any atom is 0.248 e. The predicted molar refractivity (Wildman–Crippen MR) is 93.2 cm³/mol. The summed E-state index contributed by atoms with van der Waals surface area (Å²) in [7, 11) is -3.56. The minimum atomic E-state index is -3.56. The molecule has 0 aliphatic carbocycles. The molecule has 0 saturated carbocycles. The Balaban J connectivity index is 1.64. The Kier molecular flexibility index (Phi) is 5.12. The fourth-order valence-corrected chi connectivity index (χ4v) is 4.21. The zero-order valence-corrected chi connectivity index (χ0v) is 14.5. The smallest absolute Gasteiger partial charge is 0.248 e. The van der Waals surface area contributed by atoms with Gasteiger partial charge in [-0.2, -0.15) is 4.31 Å². The molecule has 1 fully saturated rings. The van der Waals surface area contributed by atoms with E-state index in [9.17, 15) is 13.2 Å². The van der Waals surface area contributed by atoms with E-state index in [1.54, 1.807) is 6.20 Å². The number of sulfonamides is 1. The second-order valence-corrected chi connectivity index (χ2v) is 7.83. The van der Waals surface area contributed by atoms with Gasteiger partial charge in [0.05, 0.1) is 10.6 Å². The van der Waals surface area contributed by atoms with Crippen molar-refractivity contribution in [3.8, 4) is 0 Å². The van der Waals surface area contributed by atoms with Crippen molar-refractivity contribution in [2.24, 2.45) is 5.73 Å². The van der Waals surface area contributed by atoms with Crippen LogP contribution in [0.2, 0.25) is 0 Å². The highest BCUT2D eigenvalue weighted by Gasteiger charge is 2.28. The third-order valence-corrected chi connectivity index (χ3v) is 6.13. The number of hydrogen-bond donors (Lipinski definition) is 1. The molecule has 1 aromatic heterocycles. The van der Waals surface area contributed by atoms with Crippen molar-refractivity contribution in [1.82, 2.24) is 14.2 Å². The Morgan fingerprint density at radius 2 is 1.72 bits per heavy atom. The Bertz CT molecular complexity index is 830. The van der Waals surface area contributed by atoms with E-state index in [2.05, 4.69) is 9.88 Å². The van der Waals surface area contributed by atoms with E-state index < -0.39 is 15.9 Å². The second-order valence-electron chi connectivity index (χ2n) is 5.89. The van der Waals surface area contributed by atoms with Gasteiger partial charge in [0, 0.05) is 44.5 Å². The van der Waals surface area contributed by atoms with Gasteiger partial charge in [0.1, 0.15) is 0 Å². The van der Waals surface area contributed by atoms with E-state index in [0.717, 1.165) is 5.69 Å². The first-order valence-electron chi connectivity index (χ1n) is 7.99. The summed E-state index contributed by atoms with van der Waals surface area (Å²) in [5.74, 6) is -0.577. The number of nitrogens with zero attached hydrogens (tertiary/aromatic N) is 3. The number of nitrogens with two attached hydrogens (primary N) is 1. The molecule has 1 aliphatic heterocycles. The monoisotopic (exact) mass is 360 g/mol. The second kappa shape index (κ2) is 7.30. The summed E-state index contributed by atoms with van der Waals surface area (Å²) in [6, 6.07) is 11.5. The highest BCUT2D eigenvalue weighted by molar-refractivity contribution is 7.89. The van der Waals surface area contributed by atoms with E-state index in [1.807, 2.05) is 18.2 Å². The molecule has 1 saturated heterocycles. The fourth-order valence-electron chi connectivity index (χ4n) is 2.79. The molecule has 1 aliphatic rings. The van der Waals surface area contributed by atoms with Gasteiger partial charge in [0.25, 0.3) is 0 Å². The number of piperazine rings is 1. The third-order valence-electron chi connectivity index (χ3n) is 4.22. The number of rotatable bonds is 5. The molecular formula is C17H20N4O3S. The van der Waals surface area contributed by atoms with Gasteiger partial charge in [-0.15, -0.1) is 0 Å². The molecule has 3 rings (SSSR count). The molecule has 1 amide bonds. The lowest BCUT2D eigenvalue weighted by Crippen LogP contribution is -2.48. The quantitative estimate of drug-likeness (QED) is 0.846. The van der Waals surface area contributed by atoms with Crippen molar-refractivity contribution in [3.63, 3.8) is 0 Å². The largest absolute Gasteiger partial charge is 0.366 e. The highest BCUT2D eigenvalue weighted by atomic mass is 32.2. The summed E-state index contributed by atoms with van der Waals surface area (Å²) in [5.41, 5.74) is 6.45. The number of pyridine rings is 1. The van der Waals surface area contributed by atoms with Crippen LogP contribution < -0.4 is 5.73 Å². The van der Waals surface area contributed by atoms with Gasteiger partial charge in [-0.3, -0.25) is 14.7 Å². The molecule has 1 aromatic carbocycles. The van der Waals surface area contributed by atoms with E-state index in [1.165, 1.54) is 28.6 Å². The lowest BCUT2D eigenvalue weighted by Gasteiger charge is -2.33. The summed E-state index contributed by atoms with van der Waals surface area (Å²) in [6.07, 6.45) is 1.76. The summed E-state index contributed by atoms with van der Waals surface area (Å²) in [4.78, 5) is 17.8. The van der Waals surface area contributed by atoms with E-state index in [-0.39, 0.29) is 4.90 Å². The number of hydrogen-bond acceptors (Lipinski definition) is 5. The molecule has 0 radical (unpaired) electrons. The Labute approximate surface area is 147 Å². The number of carbonyl (C=O) groups excluding carboxylic acids is 1. The molecule has 25 heavy (non-hydrogen) atoms. The maximum atomic E-state index is 12.7. The molecule has 7 nitrogen and oxygen atoms in total. The van der Waals surface area contributed by atoms with Gasteiger partial charge in [-0.1, -0.05) is 6.07 Å². The van der Waals surface area contributed by atoms with Gasteiger partial charge in [0.2, 0.25) is 15.9 Å². The van der Waals surface area contributed by atoms with E-state index in [4.69, 9.17) is 5.73 Å². The van der Waals surface area contributed by atoms with E-state index in [0.29, 0.717) is 38.3 Å². The van der Waals surface area contributed by atoms with E-state index >= 15 is 0 Å². The van der Waals surface area contributed by atoms with Crippen LogP contribution in [0, 0.1) is 0 Å². The average molecular weight is 360 g/mol. The van der Waals surface area contributed by atoms with Gasteiger partial charge in [-0.25, -0.2) is 8.42 Å². The van der Waals surface area contributed by atoms with Crippen LogP contribution in [0.25, 0.3) is 0 Å². The molecule has 2 N–H and O–H groups in total. The first-order valence-corrected chi connectivity index (χ1v) is 9.43. The third kappa shape index (κ3) is 4.04. The van der Waals surface area contributed by atoms with Gasteiger partial charge < -0.3 is 5.73 Å². The van der Waals surface area contributed by atoms with Gasteiger partial charge in [0.15, 0.2) is 0 Å². The number of primary amides is 1. The summed E-state index contributed by atoms with van der Waals surface area (Å²) < 4.78 is 26.9. The number of aromatic nitrogens is 1. The topological polar surface area (TPSA) is 96.6 Å². The number of carbonyl (C=O) groups is 1. The lowest BCUT2D eigenvalue weighted by molar-refractivity contribution is 0.1000. The minimum Gasteiger partial charge on any atom is -0.366 e. The van der Waals surface area contributed by atoms with Crippen LogP contribution in [-0.2, 0) is 16.6 Å². The van der Waals surface area contributed by atoms with Crippen LogP contribution in [0.4, 0.5) is 0 Å². The van der Waals surface area contributed by atoms with Crippen molar-refractivity contribution in [2.45, 2.75) is 11.4 Å². The number of amides is 1. The van der Waals surface area contributed by atoms with Crippen molar-refractivity contribution < 1.29 is 13.2 Å². The maximum absolute atomic E-state index is 12.7. The fraction of sp³-hybridized carbons (Fsp3) is 0.294. The summed E-state index contributed by atoms with van der Waals surface area (Å²) >= 11 is 0. The van der Waals surface area contributed by atoms with Crippen LogP contribution in [0.15, 0.2) is 53.6 Å². The van der Waals surface area contributed by atoms with Crippen LogP contribution in [0.5, 0.6) is 0 Å². The van der Waals surface area contributed by atoms with Crippen LogP contribution in [0.1, 0.15) is 16.1 Å². The molecule has 0 atom stereocenters. The Hall–Kier alpha value is -2.29. The zero-order chi connectivity index (χ0) is 17.9. The first-order chi connectivity index (χ1) is 12.0. The van der Waals surface area contributed by atoms with Crippen molar-refractivity contribution >= 4 is 15.9 Å². The molecule has 8 heteroatoms. The standard InChI is InChI=1S/C17H20N4O3S/c18-17(22)14-4-6-16(7-5-14)25(23,24)21-11-9-20(10-12-21)13-15-3-1-2-8-19-15/h1-8H,9-13H2,(H2,18,22). The van der Waals surface area contributed by atoms with Crippen molar-refractivity contribution in [1.29, 1.82) is 0 Å². The molecule has 0 unspecified atom stereocenters. The van der Waals surface area contributed by atoms with Crippen LogP contribution in [0.3, 0.4) is 0 Å². The molecule has 2 heterocycles.